The van der Waals surface area contributed by atoms with Crippen LogP contribution in [0.3, 0.4) is 0 Å². The van der Waals surface area contributed by atoms with Crippen molar-refractivity contribution >= 4 is 27.7 Å². The van der Waals surface area contributed by atoms with E-state index in [1.807, 2.05) is 0 Å². The van der Waals surface area contributed by atoms with Crippen LogP contribution in [-0.4, -0.2) is 56.8 Å². The summed E-state index contributed by atoms with van der Waals surface area (Å²) in [4.78, 5) is 37.6. The fourth-order valence-corrected chi connectivity index (χ4v) is 4.97. The van der Waals surface area contributed by atoms with Crippen molar-refractivity contribution in [3.63, 3.8) is 0 Å². The first-order chi connectivity index (χ1) is 14.8. The third-order valence-electron chi connectivity index (χ3n) is 5.22. The fourth-order valence-electron chi connectivity index (χ4n) is 3.62. The predicted octanol–water partition coefficient (Wildman–Crippen LogP) is 1.59. The molecule has 1 atom stereocenters. The van der Waals surface area contributed by atoms with Gasteiger partial charge in [0.05, 0.1) is 34.8 Å². The normalized spacial score (nSPS) is 18.2. The van der Waals surface area contributed by atoms with E-state index in [-0.39, 0.29) is 44.3 Å². The van der Waals surface area contributed by atoms with Crippen LogP contribution < -0.4 is 10.1 Å². The number of ether oxygens (including phenoxy) is 2. The largest absolute Gasteiger partial charge is 0.496 e. The van der Waals surface area contributed by atoms with E-state index in [0.717, 1.165) is 18.9 Å². The highest BCUT2D eigenvalue weighted by Gasteiger charge is 2.44. The van der Waals surface area contributed by atoms with Gasteiger partial charge in [0.25, 0.3) is 27.7 Å². The molecule has 2 heterocycles. The number of amides is 3. The molecule has 1 saturated heterocycles. The second-order valence-corrected chi connectivity index (χ2v) is 8.92. The SMILES string of the molecule is COc1ccc(S(=O)(=O)N2C(=O)c3ccccc3C2=O)cc1C(=O)NCC1CCCO1. The standard InChI is InChI=1S/C21H20N2O7S/c1-29-18-9-8-14(11-17(18)19(24)22-12-13-5-4-10-30-13)31(27,28)23-20(25)15-6-2-3-7-16(15)21(23)26/h2-3,6-9,11,13H,4-5,10,12H2,1H3,(H,22,24). The number of nitrogens with zero attached hydrogens (tertiary/aromatic N) is 1. The minimum Gasteiger partial charge on any atom is -0.496 e. The van der Waals surface area contributed by atoms with Crippen LogP contribution in [0.25, 0.3) is 0 Å². The topological polar surface area (TPSA) is 119 Å². The first kappa shape index (κ1) is 21.0. The van der Waals surface area contributed by atoms with E-state index in [1.54, 1.807) is 12.1 Å². The summed E-state index contributed by atoms with van der Waals surface area (Å²) in [6.07, 6.45) is 1.64. The molecular formula is C21H20N2O7S. The van der Waals surface area contributed by atoms with E-state index in [2.05, 4.69) is 5.32 Å². The average Bonchev–Trinajstić information content (AvgIpc) is 3.38. The molecule has 2 aromatic rings. The molecule has 0 saturated carbocycles. The molecule has 2 aromatic carbocycles. The molecule has 9 nitrogen and oxygen atoms in total. The van der Waals surface area contributed by atoms with Gasteiger partial charge in [-0.3, -0.25) is 14.4 Å². The average molecular weight is 444 g/mol. The van der Waals surface area contributed by atoms with Gasteiger partial charge in [0.1, 0.15) is 5.75 Å². The van der Waals surface area contributed by atoms with Gasteiger partial charge in [0.2, 0.25) is 0 Å². The van der Waals surface area contributed by atoms with Gasteiger partial charge in [0, 0.05) is 13.2 Å². The van der Waals surface area contributed by atoms with Crippen molar-refractivity contribution in [1.29, 1.82) is 0 Å². The zero-order chi connectivity index (χ0) is 22.2. The van der Waals surface area contributed by atoms with Gasteiger partial charge in [-0.05, 0) is 43.2 Å². The lowest BCUT2D eigenvalue weighted by atomic mass is 10.1. The van der Waals surface area contributed by atoms with Crippen LogP contribution in [0.4, 0.5) is 0 Å². The molecule has 1 fully saturated rings. The summed E-state index contributed by atoms with van der Waals surface area (Å²) in [5.41, 5.74) is -0.00332. The number of carbonyl (C=O) groups excluding carboxylic acids is 3. The smallest absolute Gasteiger partial charge is 0.275 e. The van der Waals surface area contributed by atoms with Gasteiger partial charge in [-0.2, -0.15) is 4.31 Å². The lowest BCUT2D eigenvalue weighted by Gasteiger charge is -2.17. The molecule has 0 radical (unpaired) electrons. The molecule has 2 aliphatic rings. The van der Waals surface area contributed by atoms with Crippen molar-refractivity contribution in [3.05, 3.63) is 59.2 Å². The van der Waals surface area contributed by atoms with Gasteiger partial charge in [-0.25, -0.2) is 8.42 Å². The zero-order valence-corrected chi connectivity index (χ0v) is 17.5. The minimum atomic E-state index is -4.54. The maximum Gasteiger partial charge on any atom is 0.275 e. The molecule has 1 unspecified atom stereocenters. The Balaban J connectivity index is 1.65. The van der Waals surface area contributed by atoms with Crippen molar-refractivity contribution < 1.29 is 32.3 Å². The predicted molar refractivity (Wildman–Crippen MR) is 108 cm³/mol. The van der Waals surface area contributed by atoms with Crippen molar-refractivity contribution in [2.75, 3.05) is 20.3 Å². The highest BCUT2D eigenvalue weighted by molar-refractivity contribution is 7.90. The Labute approximate surface area is 179 Å². The summed E-state index contributed by atoms with van der Waals surface area (Å²) < 4.78 is 37.2. The molecule has 0 spiro atoms. The molecule has 4 rings (SSSR count). The van der Waals surface area contributed by atoms with Crippen LogP contribution in [0, 0.1) is 0 Å². The highest BCUT2D eigenvalue weighted by atomic mass is 32.2. The summed E-state index contributed by atoms with van der Waals surface area (Å²) in [7, 11) is -3.19. The summed E-state index contributed by atoms with van der Waals surface area (Å²) in [5, 5.41) is 2.71. The molecule has 2 aliphatic heterocycles. The Kier molecular flexibility index (Phi) is 5.50. The molecule has 10 heteroatoms. The third kappa shape index (κ3) is 3.68. The Morgan fingerprint density at radius 1 is 1.16 bits per heavy atom. The number of imide groups is 1. The minimum absolute atomic E-state index is 0.0131. The molecule has 0 aromatic heterocycles. The Bertz CT molecular complexity index is 1140. The van der Waals surface area contributed by atoms with Crippen LogP contribution in [0.5, 0.6) is 5.75 Å². The summed E-state index contributed by atoms with van der Waals surface area (Å²) >= 11 is 0. The van der Waals surface area contributed by atoms with E-state index in [4.69, 9.17) is 9.47 Å². The van der Waals surface area contributed by atoms with Gasteiger partial charge < -0.3 is 14.8 Å². The van der Waals surface area contributed by atoms with Gasteiger partial charge in [-0.1, -0.05) is 12.1 Å². The first-order valence-corrected chi connectivity index (χ1v) is 11.1. The summed E-state index contributed by atoms with van der Waals surface area (Å²) in [6.45, 7) is 0.912. The van der Waals surface area contributed by atoms with E-state index >= 15 is 0 Å². The molecule has 0 aliphatic carbocycles. The Morgan fingerprint density at radius 3 is 2.42 bits per heavy atom. The lowest BCUT2D eigenvalue weighted by Crippen LogP contribution is -2.36. The number of hydrogen-bond donors (Lipinski definition) is 1. The van der Waals surface area contributed by atoms with Crippen LogP contribution in [0.2, 0.25) is 0 Å². The van der Waals surface area contributed by atoms with Gasteiger partial charge in [-0.15, -0.1) is 0 Å². The second kappa shape index (κ2) is 8.12. The fraction of sp³-hybridized carbons (Fsp3) is 0.286. The van der Waals surface area contributed by atoms with Crippen molar-refractivity contribution in [2.24, 2.45) is 0 Å². The maximum atomic E-state index is 13.2. The number of carbonyl (C=O) groups is 3. The van der Waals surface area contributed by atoms with Crippen molar-refractivity contribution in [2.45, 2.75) is 23.8 Å². The quantitative estimate of drug-likeness (QED) is 0.672. The number of rotatable bonds is 6. The van der Waals surface area contributed by atoms with E-state index in [0.29, 0.717) is 6.61 Å². The van der Waals surface area contributed by atoms with Crippen LogP contribution in [-0.2, 0) is 14.8 Å². The van der Waals surface area contributed by atoms with Crippen LogP contribution in [0.1, 0.15) is 43.9 Å². The molecule has 0 bridgehead atoms. The van der Waals surface area contributed by atoms with Crippen LogP contribution >= 0.6 is 0 Å². The number of hydrogen-bond acceptors (Lipinski definition) is 7. The summed E-state index contributed by atoms with van der Waals surface area (Å²) in [6, 6.07) is 9.48. The first-order valence-electron chi connectivity index (χ1n) is 9.65. The number of methoxy groups -OCH3 is 1. The van der Waals surface area contributed by atoms with E-state index in [1.165, 1.54) is 31.4 Å². The molecular weight excluding hydrogens is 424 g/mol. The number of nitrogens with one attached hydrogen (secondary N) is 1. The monoisotopic (exact) mass is 444 g/mol. The van der Waals surface area contributed by atoms with Crippen LogP contribution in [0.15, 0.2) is 47.4 Å². The second-order valence-electron chi connectivity index (χ2n) is 7.13. The lowest BCUT2D eigenvalue weighted by molar-refractivity contribution is 0.0764. The number of fused-ring (bicyclic) bond motifs is 1. The third-order valence-corrected chi connectivity index (χ3v) is 6.89. The number of sulfonamides is 1. The Morgan fingerprint density at radius 2 is 1.84 bits per heavy atom. The summed E-state index contributed by atoms with van der Waals surface area (Å²) in [5.74, 6) is -2.25. The highest BCUT2D eigenvalue weighted by Crippen LogP contribution is 2.30. The molecule has 31 heavy (non-hydrogen) atoms. The molecule has 162 valence electrons. The zero-order valence-electron chi connectivity index (χ0n) is 16.7. The molecule has 3 amide bonds. The van der Waals surface area contributed by atoms with Gasteiger partial charge >= 0.3 is 0 Å². The Hall–Kier alpha value is -3.24. The van der Waals surface area contributed by atoms with E-state index in [9.17, 15) is 22.8 Å². The molecule has 1 N–H and O–H groups in total. The number of benzene rings is 2. The van der Waals surface area contributed by atoms with Crippen molar-refractivity contribution in [1.82, 2.24) is 9.62 Å². The van der Waals surface area contributed by atoms with E-state index < -0.39 is 27.7 Å². The van der Waals surface area contributed by atoms with Crippen molar-refractivity contribution in [3.8, 4) is 5.75 Å². The maximum absolute atomic E-state index is 13.2. The van der Waals surface area contributed by atoms with Gasteiger partial charge in [0.15, 0.2) is 0 Å².